The molecular formula is C12H18N2. The number of hydrogen-bond donors (Lipinski definition) is 1. The second-order valence-corrected chi connectivity index (χ2v) is 4.03. The third-order valence-electron chi connectivity index (χ3n) is 2.97. The Morgan fingerprint density at radius 2 is 2.07 bits per heavy atom. The molecule has 14 heavy (non-hydrogen) atoms. The van der Waals surface area contributed by atoms with Gasteiger partial charge in [-0.3, -0.25) is 0 Å². The molecule has 0 bridgehead atoms. The average molecular weight is 190 g/mol. The van der Waals surface area contributed by atoms with Gasteiger partial charge in [0, 0.05) is 18.8 Å². The van der Waals surface area contributed by atoms with Gasteiger partial charge in [-0.15, -0.1) is 0 Å². The van der Waals surface area contributed by atoms with Crippen LogP contribution in [0.4, 0.5) is 5.69 Å². The minimum atomic E-state index is 0.684. The van der Waals surface area contributed by atoms with E-state index in [1.807, 2.05) is 0 Å². The Balaban J connectivity index is 2.04. The molecule has 0 aromatic heterocycles. The molecule has 0 radical (unpaired) electrons. The van der Waals surface area contributed by atoms with E-state index in [4.69, 9.17) is 5.73 Å². The van der Waals surface area contributed by atoms with Gasteiger partial charge in [-0.2, -0.15) is 0 Å². The molecule has 2 nitrogen and oxygen atoms in total. The summed E-state index contributed by atoms with van der Waals surface area (Å²) in [5.41, 5.74) is 7.06. The van der Waals surface area contributed by atoms with Crippen LogP contribution in [0.5, 0.6) is 0 Å². The number of para-hydroxylation sites is 1. The van der Waals surface area contributed by atoms with Gasteiger partial charge >= 0.3 is 0 Å². The lowest BCUT2D eigenvalue weighted by molar-refractivity contribution is 0.423. The Hall–Kier alpha value is -1.02. The summed E-state index contributed by atoms with van der Waals surface area (Å²) in [5, 5.41) is 0. The summed E-state index contributed by atoms with van der Waals surface area (Å²) in [5.74, 6) is 0.684. The number of hydrogen-bond acceptors (Lipinski definition) is 2. The van der Waals surface area contributed by atoms with E-state index in [-0.39, 0.29) is 0 Å². The molecule has 1 heterocycles. The predicted octanol–water partition coefficient (Wildman–Crippen LogP) is 1.86. The normalized spacial score (nSPS) is 22.4. The summed E-state index contributed by atoms with van der Waals surface area (Å²) < 4.78 is 0. The maximum absolute atomic E-state index is 5.72. The molecule has 1 aliphatic heterocycles. The highest BCUT2D eigenvalue weighted by atomic mass is 15.1. The molecule has 1 aromatic rings. The number of nitrogens with zero attached hydrogens (tertiary/aromatic N) is 1. The van der Waals surface area contributed by atoms with Crippen LogP contribution in [0.1, 0.15) is 12.8 Å². The van der Waals surface area contributed by atoms with E-state index in [0.717, 1.165) is 13.1 Å². The van der Waals surface area contributed by atoms with Crippen LogP contribution in [0.25, 0.3) is 0 Å². The number of nitrogens with two attached hydrogens (primary N) is 1. The van der Waals surface area contributed by atoms with Crippen molar-refractivity contribution in [2.75, 3.05) is 24.5 Å². The molecule has 0 unspecified atom stereocenters. The number of piperidine rings is 1. The van der Waals surface area contributed by atoms with Gasteiger partial charge in [0.25, 0.3) is 0 Å². The summed E-state index contributed by atoms with van der Waals surface area (Å²) in [6.07, 6.45) is 2.57. The molecule has 1 aliphatic rings. The van der Waals surface area contributed by atoms with Gasteiger partial charge in [0.05, 0.1) is 0 Å². The standard InChI is InChI=1S/C12H18N2/c13-9-11-5-4-8-14(10-11)12-6-2-1-3-7-12/h1-3,6-7,11H,4-5,8-10,13H2/t11-/m1/s1. The molecular weight excluding hydrogens is 172 g/mol. The van der Waals surface area contributed by atoms with E-state index in [1.54, 1.807) is 0 Å². The number of benzene rings is 1. The van der Waals surface area contributed by atoms with Crippen molar-refractivity contribution in [3.8, 4) is 0 Å². The third-order valence-corrected chi connectivity index (χ3v) is 2.97. The highest BCUT2D eigenvalue weighted by Crippen LogP contribution is 2.21. The quantitative estimate of drug-likeness (QED) is 0.771. The first-order valence-corrected chi connectivity index (χ1v) is 5.40. The second-order valence-electron chi connectivity index (χ2n) is 4.03. The molecule has 0 spiro atoms. The number of anilines is 1. The second kappa shape index (κ2) is 4.47. The Morgan fingerprint density at radius 3 is 2.79 bits per heavy atom. The summed E-state index contributed by atoms with van der Waals surface area (Å²) in [7, 11) is 0. The van der Waals surface area contributed by atoms with Gasteiger partial charge < -0.3 is 10.6 Å². The fourth-order valence-electron chi connectivity index (χ4n) is 2.13. The van der Waals surface area contributed by atoms with Crippen LogP contribution in [0.15, 0.2) is 30.3 Å². The van der Waals surface area contributed by atoms with Gasteiger partial charge in [0.2, 0.25) is 0 Å². The zero-order chi connectivity index (χ0) is 9.80. The minimum absolute atomic E-state index is 0.684. The highest BCUT2D eigenvalue weighted by molar-refractivity contribution is 5.46. The van der Waals surface area contributed by atoms with Crippen molar-refractivity contribution in [2.45, 2.75) is 12.8 Å². The lowest BCUT2D eigenvalue weighted by Gasteiger charge is -2.33. The smallest absolute Gasteiger partial charge is 0.0366 e. The first-order chi connectivity index (χ1) is 6.90. The topological polar surface area (TPSA) is 29.3 Å². The van der Waals surface area contributed by atoms with Crippen LogP contribution in [0.2, 0.25) is 0 Å². The van der Waals surface area contributed by atoms with E-state index in [9.17, 15) is 0 Å². The van der Waals surface area contributed by atoms with Crippen LogP contribution in [0, 0.1) is 5.92 Å². The lowest BCUT2D eigenvalue weighted by atomic mass is 9.98. The molecule has 1 fully saturated rings. The van der Waals surface area contributed by atoms with Crippen molar-refractivity contribution < 1.29 is 0 Å². The SMILES string of the molecule is NC[C@H]1CCCN(c2ccccc2)C1. The summed E-state index contributed by atoms with van der Waals surface area (Å²) in [6.45, 7) is 3.13. The molecule has 76 valence electrons. The zero-order valence-electron chi connectivity index (χ0n) is 8.52. The highest BCUT2D eigenvalue weighted by Gasteiger charge is 2.18. The molecule has 1 saturated heterocycles. The van der Waals surface area contributed by atoms with Crippen molar-refractivity contribution >= 4 is 5.69 Å². The fraction of sp³-hybridized carbons (Fsp3) is 0.500. The van der Waals surface area contributed by atoms with Crippen molar-refractivity contribution in [2.24, 2.45) is 11.7 Å². The minimum Gasteiger partial charge on any atom is -0.371 e. The van der Waals surface area contributed by atoms with Gasteiger partial charge in [-0.25, -0.2) is 0 Å². The average Bonchev–Trinajstić information content (AvgIpc) is 2.30. The molecule has 1 aromatic carbocycles. The molecule has 2 heteroatoms. The Kier molecular flexibility index (Phi) is 3.04. The van der Waals surface area contributed by atoms with Crippen molar-refractivity contribution in [3.63, 3.8) is 0 Å². The monoisotopic (exact) mass is 190 g/mol. The van der Waals surface area contributed by atoms with Crippen LogP contribution >= 0.6 is 0 Å². The Bertz CT molecular complexity index is 271. The van der Waals surface area contributed by atoms with E-state index in [1.165, 1.54) is 25.1 Å². The molecule has 0 saturated carbocycles. The first-order valence-electron chi connectivity index (χ1n) is 5.40. The first kappa shape index (κ1) is 9.53. The van der Waals surface area contributed by atoms with E-state index in [2.05, 4.69) is 35.2 Å². The van der Waals surface area contributed by atoms with Crippen molar-refractivity contribution in [1.29, 1.82) is 0 Å². The van der Waals surface area contributed by atoms with Gasteiger partial charge in [-0.1, -0.05) is 18.2 Å². The Labute approximate surface area is 85.7 Å². The summed E-state index contributed by atoms with van der Waals surface area (Å²) in [6, 6.07) is 10.6. The van der Waals surface area contributed by atoms with Crippen LogP contribution in [0.3, 0.4) is 0 Å². The van der Waals surface area contributed by atoms with Gasteiger partial charge in [0.15, 0.2) is 0 Å². The predicted molar refractivity (Wildman–Crippen MR) is 60.4 cm³/mol. The largest absolute Gasteiger partial charge is 0.371 e. The summed E-state index contributed by atoms with van der Waals surface area (Å²) in [4.78, 5) is 2.45. The third kappa shape index (κ3) is 2.07. The van der Waals surface area contributed by atoms with Crippen molar-refractivity contribution in [1.82, 2.24) is 0 Å². The van der Waals surface area contributed by atoms with Crippen LogP contribution in [-0.4, -0.2) is 19.6 Å². The molecule has 1 atom stereocenters. The van der Waals surface area contributed by atoms with Crippen LogP contribution < -0.4 is 10.6 Å². The molecule has 2 N–H and O–H groups in total. The molecule has 0 amide bonds. The van der Waals surface area contributed by atoms with E-state index in [0.29, 0.717) is 5.92 Å². The maximum atomic E-state index is 5.72. The Morgan fingerprint density at radius 1 is 1.29 bits per heavy atom. The zero-order valence-corrected chi connectivity index (χ0v) is 8.52. The fourth-order valence-corrected chi connectivity index (χ4v) is 2.13. The van der Waals surface area contributed by atoms with Crippen LogP contribution in [-0.2, 0) is 0 Å². The van der Waals surface area contributed by atoms with E-state index >= 15 is 0 Å². The van der Waals surface area contributed by atoms with E-state index < -0.39 is 0 Å². The maximum Gasteiger partial charge on any atom is 0.0366 e. The lowest BCUT2D eigenvalue weighted by Crippen LogP contribution is -2.38. The molecule has 0 aliphatic carbocycles. The van der Waals surface area contributed by atoms with Gasteiger partial charge in [0.1, 0.15) is 0 Å². The molecule has 2 rings (SSSR count). The number of rotatable bonds is 2. The summed E-state index contributed by atoms with van der Waals surface area (Å²) >= 11 is 0. The van der Waals surface area contributed by atoms with Gasteiger partial charge in [-0.05, 0) is 37.4 Å². The van der Waals surface area contributed by atoms with Crippen molar-refractivity contribution in [3.05, 3.63) is 30.3 Å².